The van der Waals surface area contributed by atoms with Gasteiger partial charge in [0.05, 0.1) is 22.5 Å². The summed E-state index contributed by atoms with van der Waals surface area (Å²) in [6, 6.07) is 17.6. The Balaban J connectivity index is 1.50. The largest absolute Gasteiger partial charge is 0.380 e. The van der Waals surface area contributed by atoms with Gasteiger partial charge in [0.2, 0.25) is 0 Å². The smallest absolute Gasteiger partial charge is 0.257 e. The molecule has 0 aliphatic rings. The van der Waals surface area contributed by atoms with Crippen molar-refractivity contribution in [3.63, 3.8) is 0 Å². The highest BCUT2D eigenvalue weighted by molar-refractivity contribution is 6.08. The molecule has 5 nitrogen and oxygen atoms in total. The molecular formula is C22H17FN4O. The molecule has 0 radical (unpaired) electrons. The van der Waals surface area contributed by atoms with E-state index in [9.17, 15) is 9.18 Å². The minimum Gasteiger partial charge on any atom is -0.380 e. The van der Waals surface area contributed by atoms with Crippen molar-refractivity contribution >= 4 is 28.2 Å². The number of benzene rings is 2. The summed E-state index contributed by atoms with van der Waals surface area (Å²) in [5.41, 5.74) is 2.92. The van der Waals surface area contributed by atoms with E-state index in [2.05, 4.69) is 20.6 Å². The summed E-state index contributed by atoms with van der Waals surface area (Å²) in [4.78, 5) is 21.1. The zero-order valence-corrected chi connectivity index (χ0v) is 14.9. The number of nitrogens with one attached hydrogen (secondary N) is 2. The Morgan fingerprint density at radius 1 is 1.00 bits per heavy atom. The maximum absolute atomic E-state index is 13.7. The van der Waals surface area contributed by atoms with Crippen molar-refractivity contribution in [2.75, 3.05) is 10.6 Å². The number of para-hydroxylation sites is 1. The number of hydrogen-bond acceptors (Lipinski definition) is 4. The Morgan fingerprint density at radius 2 is 1.86 bits per heavy atom. The zero-order valence-electron chi connectivity index (χ0n) is 14.9. The van der Waals surface area contributed by atoms with Gasteiger partial charge in [0, 0.05) is 36.1 Å². The quantitative estimate of drug-likeness (QED) is 0.536. The fourth-order valence-electron chi connectivity index (χ4n) is 2.90. The molecular weight excluding hydrogens is 355 g/mol. The predicted molar refractivity (Wildman–Crippen MR) is 108 cm³/mol. The molecule has 28 heavy (non-hydrogen) atoms. The molecule has 138 valence electrons. The van der Waals surface area contributed by atoms with Crippen LogP contribution < -0.4 is 10.6 Å². The normalized spacial score (nSPS) is 10.6. The summed E-state index contributed by atoms with van der Waals surface area (Å²) in [5.74, 6) is -0.569. The standard InChI is InChI=1S/C22H17FN4O/c23-19-8-2-1-5-16(19)13-26-18-11-17(12-24-14-18)22(28)27-20-9-3-6-15-7-4-10-25-21(15)20/h1-12,14,26H,13H2,(H,27,28). The molecule has 0 fully saturated rings. The lowest BCUT2D eigenvalue weighted by molar-refractivity contribution is 0.102. The van der Waals surface area contributed by atoms with E-state index in [0.717, 1.165) is 10.9 Å². The Labute approximate surface area is 161 Å². The van der Waals surface area contributed by atoms with E-state index in [1.165, 1.54) is 12.3 Å². The van der Waals surface area contributed by atoms with Gasteiger partial charge < -0.3 is 10.6 Å². The monoisotopic (exact) mass is 372 g/mol. The van der Waals surface area contributed by atoms with Crippen LogP contribution >= 0.6 is 0 Å². The van der Waals surface area contributed by atoms with Crippen molar-refractivity contribution in [2.24, 2.45) is 0 Å². The number of aromatic nitrogens is 2. The van der Waals surface area contributed by atoms with Gasteiger partial charge in [-0.15, -0.1) is 0 Å². The first kappa shape index (κ1) is 17.6. The highest BCUT2D eigenvalue weighted by Gasteiger charge is 2.10. The minimum absolute atomic E-state index is 0.277. The molecule has 2 N–H and O–H groups in total. The minimum atomic E-state index is -0.291. The van der Waals surface area contributed by atoms with Crippen LogP contribution in [0, 0.1) is 5.82 Å². The van der Waals surface area contributed by atoms with Gasteiger partial charge in [-0.25, -0.2) is 4.39 Å². The average molecular weight is 372 g/mol. The number of rotatable bonds is 5. The van der Waals surface area contributed by atoms with E-state index < -0.39 is 0 Å². The molecule has 6 heteroatoms. The zero-order chi connectivity index (χ0) is 19.3. The third kappa shape index (κ3) is 3.81. The highest BCUT2D eigenvalue weighted by Crippen LogP contribution is 2.21. The topological polar surface area (TPSA) is 66.9 Å². The number of amides is 1. The summed E-state index contributed by atoms with van der Waals surface area (Å²) < 4.78 is 13.7. The lowest BCUT2D eigenvalue weighted by Crippen LogP contribution is -2.13. The molecule has 0 saturated carbocycles. The highest BCUT2D eigenvalue weighted by atomic mass is 19.1. The van der Waals surface area contributed by atoms with Crippen LogP contribution in [0.1, 0.15) is 15.9 Å². The van der Waals surface area contributed by atoms with Gasteiger partial charge in [-0.05, 0) is 24.3 Å². The average Bonchev–Trinajstić information content (AvgIpc) is 2.74. The Bertz CT molecular complexity index is 1140. The second-order valence-electron chi connectivity index (χ2n) is 6.24. The Kier molecular flexibility index (Phi) is 4.93. The second-order valence-corrected chi connectivity index (χ2v) is 6.24. The van der Waals surface area contributed by atoms with Crippen molar-refractivity contribution in [2.45, 2.75) is 6.54 Å². The fourth-order valence-corrected chi connectivity index (χ4v) is 2.90. The molecule has 2 heterocycles. The Morgan fingerprint density at radius 3 is 2.75 bits per heavy atom. The molecule has 0 atom stereocenters. The number of hydrogen-bond donors (Lipinski definition) is 2. The molecule has 0 aliphatic carbocycles. The molecule has 0 aliphatic heterocycles. The molecule has 0 unspecified atom stereocenters. The summed E-state index contributed by atoms with van der Waals surface area (Å²) in [6.45, 7) is 0.298. The SMILES string of the molecule is O=C(Nc1cccc2cccnc12)c1cncc(NCc2ccccc2F)c1. The summed E-state index contributed by atoms with van der Waals surface area (Å²) in [6.07, 6.45) is 4.77. The molecule has 2 aromatic heterocycles. The van der Waals surface area contributed by atoms with E-state index in [1.54, 1.807) is 42.7 Å². The number of anilines is 2. The molecule has 0 saturated heterocycles. The van der Waals surface area contributed by atoms with Crippen molar-refractivity contribution in [3.8, 4) is 0 Å². The van der Waals surface area contributed by atoms with E-state index >= 15 is 0 Å². The van der Waals surface area contributed by atoms with Gasteiger partial charge in [-0.2, -0.15) is 0 Å². The maximum atomic E-state index is 13.7. The van der Waals surface area contributed by atoms with Crippen LogP contribution in [-0.2, 0) is 6.54 Å². The van der Waals surface area contributed by atoms with Gasteiger partial charge >= 0.3 is 0 Å². The third-order valence-corrected chi connectivity index (χ3v) is 4.32. The fraction of sp³-hybridized carbons (Fsp3) is 0.0455. The maximum Gasteiger partial charge on any atom is 0.257 e. The lowest BCUT2D eigenvalue weighted by atomic mass is 10.1. The van der Waals surface area contributed by atoms with Gasteiger partial charge in [0.25, 0.3) is 5.91 Å². The molecule has 0 bridgehead atoms. The summed E-state index contributed by atoms with van der Waals surface area (Å²) in [5, 5.41) is 6.92. The number of halogens is 1. The van der Waals surface area contributed by atoms with Gasteiger partial charge in [-0.1, -0.05) is 36.4 Å². The van der Waals surface area contributed by atoms with E-state index in [-0.39, 0.29) is 11.7 Å². The van der Waals surface area contributed by atoms with Crippen LogP contribution in [0.4, 0.5) is 15.8 Å². The summed E-state index contributed by atoms with van der Waals surface area (Å²) in [7, 11) is 0. The Hall–Kier alpha value is -3.80. The molecule has 4 aromatic rings. The van der Waals surface area contributed by atoms with E-state index in [1.807, 2.05) is 24.3 Å². The van der Waals surface area contributed by atoms with Crippen LogP contribution in [0.15, 0.2) is 79.3 Å². The first-order valence-corrected chi connectivity index (χ1v) is 8.78. The van der Waals surface area contributed by atoms with E-state index in [0.29, 0.717) is 29.0 Å². The first-order chi connectivity index (χ1) is 13.7. The third-order valence-electron chi connectivity index (χ3n) is 4.32. The van der Waals surface area contributed by atoms with Crippen LogP contribution in [0.3, 0.4) is 0 Å². The molecule has 2 aromatic carbocycles. The number of carbonyl (C=O) groups excluding carboxylic acids is 1. The number of fused-ring (bicyclic) bond motifs is 1. The first-order valence-electron chi connectivity index (χ1n) is 8.78. The van der Waals surface area contributed by atoms with Gasteiger partial charge in [-0.3, -0.25) is 14.8 Å². The number of pyridine rings is 2. The van der Waals surface area contributed by atoms with Gasteiger partial charge in [0.1, 0.15) is 5.82 Å². The second kappa shape index (κ2) is 7.84. The summed E-state index contributed by atoms with van der Waals surface area (Å²) >= 11 is 0. The van der Waals surface area contributed by atoms with Crippen LogP contribution in [-0.4, -0.2) is 15.9 Å². The number of nitrogens with zero attached hydrogens (tertiary/aromatic N) is 2. The van der Waals surface area contributed by atoms with E-state index in [4.69, 9.17) is 0 Å². The molecule has 4 rings (SSSR count). The van der Waals surface area contributed by atoms with Crippen molar-refractivity contribution in [1.82, 2.24) is 9.97 Å². The van der Waals surface area contributed by atoms with Crippen molar-refractivity contribution in [1.29, 1.82) is 0 Å². The van der Waals surface area contributed by atoms with Crippen molar-refractivity contribution in [3.05, 3.63) is 96.2 Å². The lowest BCUT2D eigenvalue weighted by Gasteiger charge is -2.10. The van der Waals surface area contributed by atoms with Crippen LogP contribution in [0.25, 0.3) is 10.9 Å². The van der Waals surface area contributed by atoms with Gasteiger partial charge in [0.15, 0.2) is 0 Å². The predicted octanol–water partition coefficient (Wildman–Crippen LogP) is 4.63. The van der Waals surface area contributed by atoms with Crippen LogP contribution in [0.2, 0.25) is 0 Å². The molecule has 0 spiro atoms. The van der Waals surface area contributed by atoms with Crippen LogP contribution in [0.5, 0.6) is 0 Å². The number of carbonyl (C=O) groups is 1. The van der Waals surface area contributed by atoms with Crippen molar-refractivity contribution < 1.29 is 9.18 Å². The molecule has 1 amide bonds.